The zero-order chi connectivity index (χ0) is 31.8. The minimum Gasteiger partial charge on any atom is -0.497 e. The Morgan fingerprint density at radius 1 is 1.09 bits per heavy atom. The molecule has 43 heavy (non-hydrogen) atoms. The molecule has 2 aliphatic rings. The molecule has 0 spiro atoms. The van der Waals surface area contributed by atoms with Crippen molar-refractivity contribution >= 4 is 14.5 Å². The van der Waals surface area contributed by atoms with E-state index in [4.69, 9.17) is 32.5 Å². The van der Waals surface area contributed by atoms with Gasteiger partial charge in [-0.1, -0.05) is 65.8 Å². The third-order valence-electron chi connectivity index (χ3n) is 7.77. The molecule has 0 aliphatic carbocycles. The van der Waals surface area contributed by atoms with Crippen LogP contribution >= 0.6 is 0 Å². The molecule has 0 unspecified atom stereocenters. The van der Waals surface area contributed by atoms with Gasteiger partial charge in [0.1, 0.15) is 23.7 Å². The lowest BCUT2D eigenvalue weighted by Gasteiger charge is -2.55. The van der Waals surface area contributed by atoms with Crippen LogP contribution in [0.5, 0.6) is 11.5 Å². The van der Waals surface area contributed by atoms with Crippen molar-refractivity contribution in [2.75, 3.05) is 27.4 Å². The molecule has 240 valence electrons. The van der Waals surface area contributed by atoms with E-state index in [0.717, 1.165) is 0 Å². The van der Waals surface area contributed by atoms with Crippen LogP contribution in [0.4, 0.5) is 0 Å². The predicted molar refractivity (Wildman–Crippen MR) is 168 cm³/mol. The van der Waals surface area contributed by atoms with Crippen LogP contribution in [0.2, 0.25) is 10.1 Å². The van der Waals surface area contributed by atoms with Crippen molar-refractivity contribution in [1.29, 1.82) is 0 Å². The number of hydrogen-bond donors (Lipinski definition) is 1. The molecule has 0 saturated carbocycles. The Balaban J connectivity index is 1.91. The van der Waals surface area contributed by atoms with E-state index in [2.05, 4.69) is 48.1 Å². The maximum absolute atomic E-state index is 13.1. The topological polar surface area (TPSA) is 102 Å². The Labute approximate surface area is 258 Å². The Hall–Kier alpha value is -2.47. The van der Waals surface area contributed by atoms with Crippen LogP contribution in [0.1, 0.15) is 54.4 Å². The minimum absolute atomic E-state index is 0.150. The fourth-order valence-electron chi connectivity index (χ4n) is 5.89. The zero-order valence-corrected chi connectivity index (χ0v) is 27.9. The van der Waals surface area contributed by atoms with E-state index in [1.165, 1.54) is 13.2 Å². The highest BCUT2D eigenvalue weighted by atomic mass is 28.4. The fourth-order valence-corrected chi connectivity index (χ4v) is 10.9. The number of methoxy groups -OCH3 is 2. The summed E-state index contributed by atoms with van der Waals surface area (Å²) in [5, 5.41) is 9.20. The second-order valence-electron chi connectivity index (χ2n) is 12.9. The van der Waals surface area contributed by atoms with E-state index < -0.39 is 38.9 Å². The molecular weight excluding hydrogens is 568 g/mol. The van der Waals surface area contributed by atoms with Crippen molar-refractivity contribution in [1.82, 2.24) is 0 Å². The highest BCUT2D eigenvalue weighted by Gasteiger charge is 2.62. The first kappa shape index (κ1) is 35.0. The summed E-state index contributed by atoms with van der Waals surface area (Å²) in [6.45, 7) is 17.2. The number of aliphatic hydroxyl groups excluding tert-OH is 1. The molecule has 2 aliphatic heterocycles. The molecule has 0 bridgehead atoms. The van der Waals surface area contributed by atoms with Gasteiger partial charge in [0.05, 0.1) is 39.6 Å². The van der Waals surface area contributed by atoms with Crippen molar-refractivity contribution in [2.24, 2.45) is 0 Å². The lowest BCUT2D eigenvalue weighted by Crippen LogP contribution is -2.65. The van der Waals surface area contributed by atoms with Crippen LogP contribution in [-0.2, 0) is 27.9 Å². The van der Waals surface area contributed by atoms with E-state index in [0.29, 0.717) is 30.9 Å². The van der Waals surface area contributed by atoms with Gasteiger partial charge in [-0.3, -0.25) is 0 Å². The maximum Gasteiger partial charge on any atom is 0.349 e. The molecule has 1 fully saturated rings. The Morgan fingerprint density at radius 3 is 2.30 bits per heavy atom. The van der Waals surface area contributed by atoms with Gasteiger partial charge in [-0.25, -0.2) is 4.79 Å². The largest absolute Gasteiger partial charge is 0.497 e. The van der Waals surface area contributed by atoms with Crippen molar-refractivity contribution in [3.05, 3.63) is 61.2 Å². The zero-order valence-electron chi connectivity index (χ0n) is 26.9. The summed E-state index contributed by atoms with van der Waals surface area (Å²) in [7, 11) is 0.190. The molecule has 6 atom stereocenters. The highest BCUT2D eigenvalue weighted by Crippen LogP contribution is 2.54. The number of carbonyl (C=O) groups is 1. The summed E-state index contributed by atoms with van der Waals surface area (Å²) in [6.07, 6.45) is 6.16. The summed E-state index contributed by atoms with van der Waals surface area (Å²) < 4.78 is 43.3. The number of esters is 1. The summed E-state index contributed by atoms with van der Waals surface area (Å²) in [4.78, 5) is 13.1. The quantitative estimate of drug-likeness (QED) is 0.191. The van der Waals surface area contributed by atoms with Crippen molar-refractivity contribution in [2.45, 2.75) is 101 Å². The smallest absolute Gasteiger partial charge is 0.349 e. The standard InChI is InChI=1S/C33H50O9Si/c1-10-13-25-26(14-11-15-27-29(40-25)22-38-43(42-27,32(2,3)4)33(5,6)7)41-30(31(35)37-9)28(16-12-21-34)39-24-19-17-23(36-8)18-20-24/h10-12,14,16-20,25-30,34H,1,13,15,21-22H2,2-9H3/b14-11-,16-12+/t25-,26+,27-,28+,29+,30+/m1/s1. The molecule has 1 N–H and O–H groups in total. The normalized spacial score (nSPS) is 26.3. The molecule has 1 saturated heterocycles. The average molecular weight is 619 g/mol. The number of aliphatic hydroxyl groups is 1. The average Bonchev–Trinajstić information content (AvgIpc) is 2.95. The van der Waals surface area contributed by atoms with Gasteiger partial charge in [0, 0.05) is 10.1 Å². The molecule has 0 amide bonds. The SMILES string of the molecule is C=CC[C@H]1O[C@H]2CO[Si](C(C)(C)C)(C(C)(C)C)O[C@@H]2C/C=C\[C@@H]1O[C@H](C(=O)OC)[C@H](/C=C/CO)Oc1ccc(OC)cc1. The molecule has 3 rings (SSSR count). The maximum atomic E-state index is 13.1. The Kier molecular flexibility index (Phi) is 12.2. The Morgan fingerprint density at radius 2 is 1.74 bits per heavy atom. The van der Waals surface area contributed by atoms with Crippen LogP contribution in [0, 0.1) is 0 Å². The number of ether oxygens (including phenoxy) is 5. The third-order valence-corrected chi connectivity index (χ3v) is 12.9. The first-order valence-electron chi connectivity index (χ1n) is 14.9. The molecule has 2 heterocycles. The van der Waals surface area contributed by atoms with E-state index in [-0.39, 0.29) is 28.9 Å². The van der Waals surface area contributed by atoms with E-state index in [1.807, 2.05) is 12.2 Å². The molecule has 9 nitrogen and oxygen atoms in total. The molecular formula is C33H50O9Si. The van der Waals surface area contributed by atoms with Crippen LogP contribution in [0.3, 0.4) is 0 Å². The highest BCUT2D eigenvalue weighted by molar-refractivity contribution is 6.73. The minimum atomic E-state index is -2.69. The van der Waals surface area contributed by atoms with E-state index >= 15 is 0 Å². The third kappa shape index (κ3) is 8.37. The molecule has 1 aromatic carbocycles. The van der Waals surface area contributed by atoms with Crippen LogP contribution < -0.4 is 9.47 Å². The van der Waals surface area contributed by atoms with Gasteiger partial charge in [-0.05, 0) is 43.2 Å². The van der Waals surface area contributed by atoms with Crippen LogP contribution in [0.15, 0.2) is 61.2 Å². The van der Waals surface area contributed by atoms with Crippen LogP contribution in [0.25, 0.3) is 0 Å². The van der Waals surface area contributed by atoms with E-state index in [1.54, 1.807) is 43.5 Å². The summed E-state index contributed by atoms with van der Waals surface area (Å²) in [5.74, 6) is 0.531. The van der Waals surface area contributed by atoms with Gasteiger partial charge in [0.15, 0.2) is 12.2 Å². The summed E-state index contributed by atoms with van der Waals surface area (Å²) in [6, 6.07) is 6.97. The molecule has 0 aromatic heterocycles. The Bertz CT molecular complexity index is 1090. The summed E-state index contributed by atoms with van der Waals surface area (Å²) in [5.41, 5.74) is 0. The second-order valence-corrected chi connectivity index (χ2v) is 17.7. The number of fused-ring (bicyclic) bond motifs is 1. The fraction of sp³-hybridized carbons (Fsp3) is 0.606. The lowest BCUT2D eigenvalue weighted by molar-refractivity contribution is -0.183. The molecule has 1 aromatic rings. The van der Waals surface area contributed by atoms with E-state index in [9.17, 15) is 9.90 Å². The van der Waals surface area contributed by atoms with Gasteiger partial charge in [-0.15, -0.1) is 6.58 Å². The monoisotopic (exact) mass is 618 g/mol. The van der Waals surface area contributed by atoms with Gasteiger partial charge in [0.25, 0.3) is 0 Å². The van der Waals surface area contributed by atoms with Crippen molar-refractivity contribution in [3.8, 4) is 11.5 Å². The van der Waals surface area contributed by atoms with Gasteiger partial charge >= 0.3 is 14.5 Å². The number of benzene rings is 1. The predicted octanol–water partition coefficient (Wildman–Crippen LogP) is 5.67. The first-order valence-corrected chi connectivity index (χ1v) is 16.7. The number of carbonyl (C=O) groups excluding carboxylic acids is 1. The van der Waals surface area contributed by atoms with Crippen LogP contribution in [-0.4, -0.2) is 83.7 Å². The number of hydrogen-bond acceptors (Lipinski definition) is 9. The van der Waals surface area contributed by atoms with Gasteiger partial charge in [-0.2, -0.15) is 0 Å². The number of rotatable bonds is 11. The van der Waals surface area contributed by atoms with Gasteiger partial charge < -0.3 is 37.6 Å². The second kappa shape index (κ2) is 15.0. The van der Waals surface area contributed by atoms with Crippen molar-refractivity contribution < 1.29 is 42.4 Å². The molecule has 10 heteroatoms. The summed E-state index contributed by atoms with van der Waals surface area (Å²) >= 11 is 0. The lowest BCUT2D eigenvalue weighted by atomic mass is 10.0. The van der Waals surface area contributed by atoms with Gasteiger partial charge in [0.2, 0.25) is 0 Å². The van der Waals surface area contributed by atoms with Crippen molar-refractivity contribution in [3.63, 3.8) is 0 Å². The molecule has 0 radical (unpaired) electrons. The first-order chi connectivity index (χ1) is 20.3.